The fourth-order valence-corrected chi connectivity index (χ4v) is 2.53. The van der Waals surface area contributed by atoms with Gasteiger partial charge in [0.15, 0.2) is 16.6 Å². The second-order valence-corrected chi connectivity index (χ2v) is 4.59. The maximum absolute atomic E-state index is 11.3. The number of aromatic carboxylic acids is 1. The molecule has 0 aliphatic heterocycles. The van der Waals surface area contributed by atoms with Crippen molar-refractivity contribution in [3.63, 3.8) is 0 Å². The van der Waals surface area contributed by atoms with E-state index in [0.717, 1.165) is 30.8 Å². The molecule has 0 aliphatic carbocycles. The second-order valence-electron chi connectivity index (χ2n) is 3.62. The van der Waals surface area contributed by atoms with E-state index in [9.17, 15) is 9.59 Å². The molecule has 17 heavy (non-hydrogen) atoms. The molecule has 5 nitrogen and oxygen atoms in total. The van der Waals surface area contributed by atoms with Gasteiger partial charge in [-0.2, -0.15) is 0 Å². The van der Waals surface area contributed by atoms with Crippen LogP contribution in [0.2, 0.25) is 0 Å². The molecule has 94 valence electrons. The number of anilines is 1. The van der Waals surface area contributed by atoms with Gasteiger partial charge in [-0.15, -0.1) is 0 Å². The summed E-state index contributed by atoms with van der Waals surface area (Å²) in [6, 6.07) is 0. The Balaban J connectivity index is 3.14. The first-order chi connectivity index (χ1) is 8.01. The zero-order chi connectivity index (χ0) is 13.0. The topological polar surface area (TPSA) is 70.5 Å². The molecule has 0 aliphatic rings. The van der Waals surface area contributed by atoms with Gasteiger partial charge >= 0.3 is 5.97 Å². The van der Waals surface area contributed by atoms with Gasteiger partial charge in [0, 0.05) is 20.0 Å². The molecule has 1 aromatic heterocycles. The molecule has 1 aromatic rings. The zero-order valence-corrected chi connectivity index (χ0v) is 11.0. The van der Waals surface area contributed by atoms with E-state index < -0.39 is 5.97 Å². The largest absolute Gasteiger partial charge is 0.476 e. The van der Waals surface area contributed by atoms with E-state index >= 15 is 0 Å². The minimum absolute atomic E-state index is 0.132. The fourth-order valence-electron chi connectivity index (χ4n) is 1.49. The number of rotatable bonds is 6. The second kappa shape index (κ2) is 5.77. The molecule has 6 heteroatoms. The van der Waals surface area contributed by atoms with Crippen LogP contribution in [-0.2, 0) is 0 Å². The molecule has 0 atom stereocenters. The number of hydrogen-bond donors (Lipinski definition) is 1. The molecule has 1 rings (SSSR count). The van der Waals surface area contributed by atoms with Crippen LogP contribution in [0.1, 0.15) is 47.4 Å². The summed E-state index contributed by atoms with van der Waals surface area (Å²) >= 11 is 1.15. The maximum atomic E-state index is 11.3. The van der Waals surface area contributed by atoms with Crippen molar-refractivity contribution in [2.24, 2.45) is 0 Å². The highest BCUT2D eigenvalue weighted by molar-refractivity contribution is 7.17. The summed E-state index contributed by atoms with van der Waals surface area (Å²) < 4.78 is 0. The summed E-state index contributed by atoms with van der Waals surface area (Å²) in [5.74, 6) is -1.40. The molecule has 0 saturated heterocycles. The Bertz CT molecular complexity index is 397. The molecule has 0 radical (unpaired) electrons. The SMILES string of the molecule is CCCN(CC)c1nc(C(=O)O)c(C(C)=O)s1. The van der Waals surface area contributed by atoms with Crippen LogP contribution in [0.3, 0.4) is 0 Å². The van der Waals surface area contributed by atoms with Crippen molar-refractivity contribution in [1.82, 2.24) is 4.98 Å². The quantitative estimate of drug-likeness (QED) is 0.791. The van der Waals surface area contributed by atoms with Crippen LogP contribution in [-0.4, -0.2) is 34.9 Å². The Kier molecular flexibility index (Phi) is 4.62. The van der Waals surface area contributed by atoms with Crippen LogP contribution in [0, 0.1) is 0 Å². The number of carboxylic acid groups (broad SMARTS) is 1. The minimum Gasteiger partial charge on any atom is -0.476 e. The number of ketones is 1. The van der Waals surface area contributed by atoms with E-state index in [0.29, 0.717) is 5.13 Å². The van der Waals surface area contributed by atoms with Gasteiger partial charge in [-0.25, -0.2) is 9.78 Å². The Morgan fingerprint density at radius 1 is 1.41 bits per heavy atom. The van der Waals surface area contributed by atoms with Crippen molar-refractivity contribution >= 4 is 28.2 Å². The van der Waals surface area contributed by atoms with Crippen molar-refractivity contribution < 1.29 is 14.7 Å². The summed E-state index contributed by atoms with van der Waals surface area (Å²) in [6.07, 6.45) is 0.950. The van der Waals surface area contributed by atoms with Crippen LogP contribution in [0.25, 0.3) is 0 Å². The maximum Gasteiger partial charge on any atom is 0.356 e. The van der Waals surface area contributed by atoms with Crippen molar-refractivity contribution in [2.75, 3.05) is 18.0 Å². The summed E-state index contributed by atoms with van der Waals surface area (Å²) in [5.41, 5.74) is -0.132. The first-order valence-corrected chi connectivity index (χ1v) is 6.32. The van der Waals surface area contributed by atoms with E-state index in [-0.39, 0.29) is 16.4 Å². The van der Waals surface area contributed by atoms with Gasteiger partial charge in [-0.1, -0.05) is 18.3 Å². The summed E-state index contributed by atoms with van der Waals surface area (Å²) in [6.45, 7) is 6.93. The molecule has 1 heterocycles. The first kappa shape index (κ1) is 13.6. The molecule has 0 bridgehead atoms. The average molecular weight is 256 g/mol. The number of carbonyl (C=O) groups excluding carboxylic acids is 1. The number of aromatic nitrogens is 1. The average Bonchev–Trinajstić information content (AvgIpc) is 2.70. The predicted octanol–water partition coefficient (Wildman–Crippen LogP) is 2.28. The van der Waals surface area contributed by atoms with Crippen LogP contribution in [0.15, 0.2) is 0 Å². The molecular formula is C11H16N2O3S. The summed E-state index contributed by atoms with van der Waals surface area (Å²) in [5, 5.41) is 9.59. The summed E-state index contributed by atoms with van der Waals surface area (Å²) in [4.78, 5) is 28.6. The predicted molar refractivity (Wildman–Crippen MR) is 67.3 cm³/mol. The Morgan fingerprint density at radius 2 is 2.06 bits per heavy atom. The zero-order valence-electron chi connectivity index (χ0n) is 10.2. The summed E-state index contributed by atoms with van der Waals surface area (Å²) in [7, 11) is 0. The Labute approximate surface area is 104 Å². The third-order valence-corrected chi connectivity index (χ3v) is 3.50. The van der Waals surface area contributed by atoms with Crippen LogP contribution >= 0.6 is 11.3 Å². The third-order valence-electron chi connectivity index (χ3n) is 2.28. The van der Waals surface area contributed by atoms with Gasteiger partial charge in [0.2, 0.25) is 0 Å². The lowest BCUT2D eigenvalue weighted by molar-refractivity contribution is 0.0687. The molecule has 0 amide bonds. The Morgan fingerprint density at radius 3 is 2.41 bits per heavy atom. The van der Waals surface area contributed by atoms with Crippen LogP contribution < -0.4 is 4.90 Å². The smallest absolute Gasteiger partial charge is 0.356 e. The van der Waals surface area contributed by atoms with Crippen molar-refractivity contribution in [3.8, 4) is 0 Å². The minimum atomic E-state index is -1.15. The number of carboxylic acids is 1. The lowest BCUT2D eigenvalue weighted by Crippen LogP contribution is -2.23. The number of carbonyl (C=O) groups is 2. The van der Waals surface area contributed by atoms with E-state index in [1.807, 2.05) is 18.7 Å². The van der Waals surface area contributed by atoms with E-state index in [4.69, 9.17) is 5.11 Å². The van der Waals surface area contributed by atoms with E-state index in [1.165, 1.54) is 6.92 Å². The number of thiazole rings is 1. The van der Waals surface area contributed by atoms with E-state index in [1.54, 1.807) is 0 Å². The number of nitrogens with zero attached hydrogens (tertiary/aromatic N) is 2. The molecule has 0 unspecified atom stereocenters. The standard InChI is InChI=1S/C11H16N2O3S/c1-4-6-13(5-2)11-12-8(10(15)16)9(17-11)7(3)14/h4-6H2,1-3H3,(H,15,16). The fraction of sp³-hybridized carbons (Fsp3) is 0.545. The highest BCUT2D eigenvalue weighted by Crippen LogP contribution is 2.27. The van der Waals surface area contributed by atoms with Gasteiger partial charge in [0.25, 0.3) is 0 Å². The highest BCUT2D eigenvalue weighted by Gasteiger charge is 2.22. The molecule has 0 saturated carbocycles. The van der Waals surface area contributed by atoms with Crippen molar-refractivity contribution in [2.45, 2.75) is 27.2 Å². The Hall–Kier alpha value is -1.43. The normalized spacial score (nSPS) is 10.3. The highest BCUT2D eigenvalue weighted by atomic mass is 32.1. The van der Waals surface area contributed by atoms with Crippen LogP contribution in [0.5, 0.6) is 0 Å². The molecule has 0 spiro atoms. The number of hydrogen-bond acceptors (Lipinski definition) is 5. The molecule has 0 aromatic carbocycles. The lowest BCUT2D eigenvalue weighted by atomic mass is 10.3. The number of Topliss-reactive ketones (excluding diaryl/α,β-unsaturated/α-hetero) is 1. The third kappa shape index (κ3) is 3.03. The monoisotopic (exact) mass is 256 g/mol. The molecule has 1 N–H and O–H groups in total. The van der Waals surface area contributed by atoms with Crippen molar-refractivity contribution in [3.05, 3.63) is 10.6 Å². The van der Waals surface area contributed by atoms with Gasteiger partial charge in [-0.3, -0.25) is 4.79 Å². The van der Waals surface area contributed by atoms with Gasteiger partial charge < -0.3 is 10.0 Å². The van der Waals surface area contributed by atoms with Gasteiger partial charge in [-0.05, 0) is 13.3 Å². The van der Waals surface area contributed by atoms with Gasteiger partial charge in [0.05, 0.1) is 0 Å². The lowest BCUT2D eigenvalue weighted by Gasteiger charge is -2.18. The molecular weight excluding hydrogens is 240 g/mol. The van der Waals surface area contributed by atoms with Gasteiger partial charge in [0.1, 0.15) is 4.88 Å². The van der Waals surface area contributed by atoms with E-state index in [2.05, 4.69) is 4.98 Å². The van der Waals surface area contributed by atoms with Crippen molar-refractivity contribution in [1.29, 1.82) is 0 Å². The first-order valence-electron chi connectivity index (χ1n) is 5.51. The van der Waals surface area contributed by atoms with Crippen LogP contribution in [0.4, 0.5) is 5.13 Å². The molecule has 0 fully saturated rings.